The van der Waals surface area contributed by atoms with E-state index in [1.54, 1.807) is 7.11 Å². The molecule has 4 fully saturated rings. The predicted molar refractivity (Wildman–Crippen MR) is 129 cm³/mol. The second-order valence-corrected chi connectivity index (χ2v) is 12.5. The molecule has 1 saturated heterocycles. The Morgan fingerprint density at radius 3 is 2.55 bits per heavy atom. The van der Waals surface area contributed by atoms with E-state index < -0.39 is 0 Å². The monoisotopic (exact) mass is 454 g/mol. The molecule has 1 aromatic carbocycles. The van der Waals surface area contributed by atoms with Crippen LogP contribution in [0, 0.1) is 34.0 Å². The Kier molecular flexibility index (Phi) is 4.96. The Bertz CT molecular complexity index is 930. The van der Waals surface area contributed by atoms with Gasteiger partial charge in [-0.05, 0) is 99.8 Å². The van der Waals surface area contributed by atoms with Crippen LogP contribution in [0.4, 0.5) is 0 Å². The summed E-state index contributed by atoms with van der Waals surface area (Å²) in [6, 6.07) is 6.37. The first-order valence-electron chi connectivity index (χ1n) is 13.4. The fourth-order valence-electron chi connectivity index (χ4n) is 9.81. The molecule has 0 unspecified atom stereocenters. The van der Waals surface area contributed by atoms with Crippen molar-refractivity contribution in [3.8, 4) is 11.5 Å². The Morgan fingerprint density at radius 1 is 0.970 bits per heavy atom. The lowest BCUT2D eigenvalue weighted by Gasteiger charge is -2.71. The smallest absolute Gasteiger partial charge is 0.163 e. The lowest BCUT2D eigenvalue weighted by atomic mass is 9.36. The molecule has 1 aromatic rings. The van der Waals surface area contributed by atoms with Crippen molar-refractivity contribution in [3.63, 3.8) is 0 Å². The predicted octanol–water partition coefficient (Wildman–Crippen LogP) is 6.40. The first kappa shape index (κ1) is 22.2. The number of methoxy groups -OCH3 is 1. The largest absolute Gasteiger partial charge is 0.497 e. The standard InChI is InChI=1S/C29H42O4/c1-6-31-25-27(3)12-7-13-29(18-32-25)22-11-15-28(4)24(26(22,2)14-10-23(27)29)17-19-16-20(30-5)8-9-21(19)33-28/h8-9,16,22-25H,6-7,10-15,17-18H2,1-5H3/t22-,23-,24-,25+,26+,27+,28-,29-/m0/s1. The maximum atomic E-state index is 6.84. The van der Waals surface area contributed by atoms with Crippen LogP contribution in [0.3, 0.4) is 0 Å². The van der Waals surface area contributed by atoms with E-state index in [2.05, 4.69) is 39.8 Å². The summed E-state index contributed by atoms with van der Waals surface area (Å²) < 4.78 is 25.2. The minimum Gasteiger partial charge on any atom is -0.497 e. The molecular weight excluding hydrogens is 412 g/mol. The molecule has 3 aliphatic carbocycles. The van der Waals surface area contributed by atoms with Gasteiger partial charge in [0, 0.05) is 23.4 Å². The Labute approximate surface area is 199 Å². The molecule has 2 aliphatic heterocycles. The van der Waals surface area contributed by atoms with Crippen molar-refractivity contribution in [2.75, 3.05) is 20.3 Å². The van der Waals surface area contributed by atoms with Crippen LogP contribution < -0.4 is 9.47 Å². The third-order valence-electron chi connectivity index (χ3n) is 11.2. The van der Waals surface area contributed by atoms with Crippen molar-refractivity contribution in [3.05, 3.63) is 23.8 Å². The summed E-state index contributed by atoms with van der Waals surface area (Å²) in [6.07, 6.45) is 9.92. The molecule has 4 heteroatoms. The molecule has 0 N–H and O–H groups in total. The highest BCUT2D eigenvalue weighted by molar-refractivity contribution is 5.43. The number of ether oxygens (including phenoxy) is 4. The number of hydrogen-bond donors (Lipinski definition) is 0. The van der Waals surface area contributed by atoms with Gasteiger partial charge in [-0.25, -0.2) is 0 Å². The zero-order valence-electron chi connectivity index (χ0n) is 21.2. The number of benzene rings is 1. The molecule has 0 amide bonds. The van der Waals surface area contributed by atoms with Crippen LogP contribution in [-0.4, -0.2) is 32.2 Å². The first-order valence-corrected chi connectivity index (χ1v) is 13.4. The van der Waals surface area contributed by atoms with E-state index in [1.807, 2.05) is 6.07 Å². The fraction of sp³-hybridized carbons (Fsp3) is 0.793. The van der Waals surface area contributed by atoms with Crippen LogP contribution in [0.25, 0.3) is 0 Å². The molecule has 3 saturated carbocycles. The molecule has 2 bridgehead atoms. The SMILES string of the molecule is CCO[C@@H]1OC[C@]23CCC[C@]1(C)[C@@H]2CC[C@]1(C)[C@@H]3CC[C@]2(C)Oc3ccc(OC)cc3C[C@@H]12. The topological polar surface area (TPSA) is 36.9 Å². The molecular formula is C29H42O4. The zero-order chi connectivity index (χ0) is 23.1. The van der Waals surface area contributed by atoms with E-state index in [9.17, 15) is 0 Å². The van der Waals surface area contributed by atoms with Gasteiger partial charge in [0.05, 0.1) is 13.7 Å². The molecule has 6 rings (SSSR count). The first-order chi connectivity index (χ1) is 15.8. The Balaban J connectivity index is 1.38. The highest BCUT2D eigenvalue weighted by Crippen LogP contribution is 2.73. The van der Waals surface area contributed by atoms with E-state index in [-0.39, 0.29) is 22.7 Å². The number of hydrogen-bond acceptors (Lipinski definition) is 4. The lowest BCUT2D eigenvalue weighted by molar-refractivity contribution is -0.337. The van der Waals surface area contributed by atoms with Crippen LogP contribution in [-0.2, 0) is 15.9 Å². The summed E-state index contributed by atoms with van der Waals surface area (Å²) in [4.78, 5) is 0. The van der Waals surface area contributed by atoms with Gasteiger partial charge in [-0.2, -0.15) is 0 Å². The average molecular weight is 455 g/mol. The van der Waals surface area contributed by atoms with E-state index in [0.717, 1.165) is 37.6 Å². The molecule has 0 radical (unpaired) electrons. The quantitative estimate of drug-likeness (QED) is 0.529. The second-order valence-electron chi connectivity index (χ2n) is 12.5. The summed E-state index contributed by atoms with van der Waals surface area (Å²) in [7, 11) is 1.76. The van der Waals surface area contributed by atoms with E-state index in [0.29, 0.717) is 23.2 Å². The lowest BCUT2D eigenvalue weighted by Crippen LogP contribution is -2.70. The maximum Gasteiger partial charge on any atom is 0.163 e. The van der Waals surface area contributed by atoms with Crippen LogP contribution in [0.5, 0.6) is 11.5 Å². The number of fused-ring (bicyclic) bond motifs is 4. The van der Waals surface area contributed by atoms with Crippen molar-refractivity contribution < 1.29 is 18.9 Å². The molecule has 5 aliphatic rings. The van der Waals surface area contributed by atoms with E-state index in [1.165, 1.54) is 44.1 Å². The van der Waals surface area contributed by atoms with Crippen molar-refractivity contribution in [1.82, 2.24) is 0 Å². The van der Waals surface area contributed by atoms with Crippen LogP contribution in [0.2, 0.25) is 0 Å². The number of rotatable bonds is 3. The summed E-state index contributed by atoms with van der Waals surface area (Å²) >= 11 is 0. The summed E-state index contributed by atoms with van der Waals surface area (Å²) in [5, 5.41) is 0. The van der Waals surface area contributed by atoms with Gasteiger partial charge in [0.1, 0.15) is 17.1 Å². The van der Waals surface area contributed by atoms with Crippen LogP contribution >= 0.6 is 0 Å². The van der Waals surface area contributed by atoms with Gasteiger partial charge >= 0.3 is 0 Å². The van der Waals surface area contributed by atoms with Gasteiger partial charge in [0.15, 0.2) is 6.29 Å². The van der Waals surface area contributed by atoms with Crippen molar-refractivity contribution in [2.45, 2.75) is 91.0 Å². The molecule has 33 heavy (non-hydrogen) atoms. The third-order valence-corrected chi connectivity index (χ3v) is 11.2. The highest BCUT2D eigenvalue weighted by Gasteiger charge is 2.70. The Morgan fingerprint density at radius 2 is 1.76 bits per heavy atom. The molecule has 0 aromatic heterocycles. The van der Waals surface area contributed by atoms with Gasteiger partial charge in [0.2, 0.25) is 0 Å². The minimum absolute atomic E-state index is 0.0310. The summed E-state index contributed by atoms with van der Waals surface area (Å²) in [5.41, 5.74) is 1.95. The summed E-state index contributed by atoms with van der Waals surface area (Å²) in [5.74, 6) is 3.93. The van der Waals surface area contributed by atoms with Gasteiger partial charge < -0.3 is 18.9 Å². The third kappa shape index (κ3) is 2.89. The summed E-state index contributed by atoms with van der Waals surface area (Å²) in [6.45, 7) is 11.2. The van der Waals surface area contributed by atoms with Crippen molar-refractivity contribution in [1.29, 1.82) is 0 Å². The Hall–Kier alpha value is -1.26. The molecule has 0 spiro atoms. The van der Waals surface area contributed by atoms with Gasteiger partial charge in [-0.15, -0.1) is 0 Å². The maximum absolute atomic E-state index is 6.84. The fourth-order valence-corrected chi connectivity index (χ4v) is 9.81. The zero-order valence-corrected chi connectivity index (χ0v) is 21.2. The van der Waals surface area contributed by atoms with Gasteiger partial charge in [0.25, 0.3) is 0 Å². The van der Waals surface area contributed by atoms with Gasteiger partial charge in [-0.3, -0.25) is 0 Å². The van der Waals surface area contributed by atoms with Crippen molar-refractivity contribution in [2.24, 2.45) is 34.0 Å². The average Bonchev–Trinajstić information content (AvgIpc) is 2.79. The van der Waals surface area contributed by atoms with Crippen LogP contribution in [0.1, 0.15) is 78.2 Å². The normalized spacial score (nSPS) is 47.9. The highest BCUT2D eigenvalue weighted by atomic mass is 16.7. The van der Waals surface area contributed by atoms with Gasteiger partial charge in [-0.1, -0.05) is 20.3 Å². The molecule has 182 valence electrons. The molecule has 2 heterocycles. The van der Waals surface area contributed by atoms with Crippen LogP contribution in [0.15, 0.2) is 18.2 Å². The second kappa shape index (κ2) is 7.37. The van der Waals surface area contributed by atoms with E-state index >= 15 is 0 Å². The molecule has 8 atom stereocenters. The minimum atomic E-state index is -0.0856. The molecule has 4 nitrogen and oxygen atoms in total. The van der Waals surface area contributed by atoms with Crippen molar-refractivity contribution >= 4 is 0 Å². The van der Waals surface area contributed by atoms with E-state index in [4.69, 9.17) is 18.9 Å².